The fourth-order valence-corrected chi connectivity index (χ4v) is 3.64. The molecule has 0 aliphatic heterocycles. The number of sulfonamides is 1. The van der Waals surface area contributed by atoms with Crippen molar-refractivity contribution in [2.75, 3.05) is 6.54 Å². The van der Waals surface area contributed by atoms with Crippen LogP contribution in [0.1, 0.15) is 31.5 Å². The van der Waals surface area contributed by atoms with Crippen LogP contribution in [0.3, 0.4) is 0 Å². The van der Waals surface area contributed by atoms with Crippen LogP contribution in [0.15, 0.2) is 35.4 Å². The van der Waals surface area contributed by atoms with Gasteiger partial charge in [0.1, 0.15) is 0 Å². The first-order chi connectivity index (χ1) is 11.3. The van der Waals surface area contributed by atoms with Gasteiger partial charge < -0.3 is 0 Å². The van der Waals surface area contributed by atoms with Crippen LogP contribution in [0.2, 0.25) is 5.02 Å². The molecule has 132 valence electrons. The first-order valence-electron chi connectivity index (χ1n) is 8.06. The summed E-state index contributed by atoms with van der Waals surface area (Å²) in [4.78, 5) is 0.299. The van der Waals surface area contributed by atoms with Crippen LogP contribution in [0.5, 0.6) is 0 Å². The number of aryl methyl sites for hydroxylation is 2. The van der Waals surface area contributed by atoms with Gasteiger partial charge in [-0.15, -0.1) is 0 Å². The lowest BCUT2D eigenvalue weighted by Gasteiger charge is -2.09. The molecule has 0 aliphatic carbocycles. The number of hydrogen-bond acceptors (Lipinski definition) is 3. The van der Waals surface area contributed by atoms with Crippen molar-refractivity contribution in [1.29, 1.82) is 0 Å². The number of hydrogen-bond donors (Lipinski definition) is 1. The molecule has 2 rings (SSSR count). The Labute approximate surface area is 149 Å². The molecule has 0 saturated heterocycles. The third-order valence-electron chi connectivity index (χ3n) is 3.62. The summed E-state index contributed by atoms with van der Waals surface area (Å²) in [5.74, 6) is 0.546. The van der Waals surface area contributed by atoms with Crippen molar-refractivity contribution in [3.05, 3.63) is 46.7 Å². The Morgan fingerprint density at radius 2 is 1.92 bits per heavy atom. The average molecular weight is 370 g/mol. The largest absolute Gasteiger partial charge is 0.271 e. The molecule has 1 aromatic heterocycles. The number of rotatable bonds is 8. The molecule has 0 saturated carbocycles. The lowest BCUT2D eigenvalue weighted by Crippen LogP contribution is -2.25. The zero-order valence-corrected chi connectivity index (χ0v) is 15.9. The Morgan fingerprint density at radius 3 is 2.46 bits per heavy atom. The monoisotopic (exact) mass is 369 g/mol. The maximum absolute atomic E-state index is 12.3. The fourth-order valence-electron chi connectivity index (χ4n) is 2.42. The van der Waals surface area contributed by atoms with E-state index in [4.69, 9.17) is 11.6 Å². The van der Waals surface area contributed by atoms with Crippen LogP contribution in [0.4, 0.5) is 0 Å². The van der Waals surface area contributed by atoms with Gasteiger partial charge in [0.15, 0.2) is 0 Å². The molecule has 1 heterocycles. The SMILES string of the molecule is Cc1nn(CCCNS(=O)(=O)c2ccc(CC(C)C)cc2)cc1Cl. The molecule has 5 nitrogen and oxygen atoms in total. The quantitative estimate of drug-likeness (QED) is 0.725. The van der Waals surface area contributed by atoms with Crippen molar-refractivity contribution in [3.8, 4) is 0 Å². The third kappa shape index (κ3) is 5.33. The molecule has 0 radical (unpaired) electrons. The second-order valence-corrected chi connectivity index (χ2v) is 8.49. The summed E-state index contributed by atoms with van der Waals surface area (Å²) in [6, 6.07) is 7.08. The van der Waals surface area contributed by atoms with Crippen molar-refractivity contribution in [1.82, 2.24) is 14.5 Å². The van der Waals surface area contributed by atoms with Gasteiger partial charge in [-0.25, -0.2) is 13.1 Å². The van der Waals surface area contributed by atoms with Gasteiger partial charge in [-0.05, 0) is 43.4 Å². The van der Waals surface area contributed by atoms with Crippen LogP contribution >= 0.6 is 11.6 Å². The van der Waals surface area contributed by atoms with Crippen molar-refractivity contribution < 1.29 is 8.42 Å². The minimum atomic E-state index is -3.47. The molecule has 0 bridgehead atoms. The second-order valence-electron chi connectivity index (χ2n) is 6.32. The summed E-state index contributed by atoms with van der Waals surface area (Å²) >= 11 is 5.94. The zero-order chi connectivity index (χ0) is 17.7. The Kier molecular flexibility index (Phi) is 6.43. The minimum Gasteiger partial charge on any atom is -0.271 e. The summed E-state index contributed by atoms with van der Waals surface area (Å²) in [5.41, 5.74) is 1.92. The number of aromatic nitrogens is 2. The van der Waals surface area contributed by atoms with Gasteiger partial charge in [0.05, 0.1) is 15.6 Å². The summed E-state index contributed by atoms with van der Waals surface area (Å²) in [6.07, 6.45) is 3.33. The van der Waals surface area contributed by atoms with Gasteiger partial charge in [-0.1, -0.05) is 37.6 Å². The molecule has 1 N–H and O–H groups in total. The highest BCUT2D eigenvalue weighted by Crippen LogP contribution is 2.14. The summed E-state index contributed by atoms with van der Waals surface area (Å²) in [6.45, 7) is 7.08. The Bertz CT molecular complexity index is 748. The van der Waals surface area contributed by atoms with E-state index >= 15 is 0 Å². The number of halogens is 1. The molecule has 2 aromatic rings. The molecule has 24 heavy (non-hydrogen) atoms. The van der Waals surface area contributed by atoms with Gasteiger partial charge in [0.25, 0.3) is 0 Å². The fraction of sp³-hybridized carbons (Fsp3) is 0.471. The molecular formula is C17H24ClN3O2S. The molecular weight excluding hydrogens is 346 g/mol. The van der Waals surface area contributed by atoms with Crippen molar-refractivity contribution in [2.24, 2.45) is 5.92 Å². The van der Waals surface area contributed by atoms with Crippen molar-refractivity contribution in [3.63, 3.8) is 0 Å². The van der Waals surface area contributed by atoms with Gasteiger partial charge in [0.2, 0.25) is 10.0 Å². The van der Waals surface area contributed by atoms with Crippen molar-refractivity contribution in [2.45, 2.75) is 45.1 Å². The van der Waals surface area contributed by atoms with E-state index in [9.17, 15) is 8.42 Å². The lowest BCUT2D eigenvalue weighted by molar-refractivity contribution is 0.551. The van der Waals surface area contributed by atoms with E-state index in [1.807, 2.05) is 19.1 Å². The number of nitrogens with one attached hydrogen (secondary N) is 1. The predicted molar refractivity (Wildman–Crippen MR) is 96.8 cm³/mol. The highest BCUT2D eigenvalue weighted by Gasteiger charge is 2.13. The Hall–Kier alpha value is -1.37. The van der Waals surface area contributed by atoms with Gasteiger partial charge in [-0.2, -0.15) is 5.10 Å². The number of benzene rings is 1. The predicted octanol–water partition coefficient (Wildman–Crippen LogP) is 3.41. The summed E-state index contributed by atoms with van der Waals surface area (Å²) < 4.78 is 28.9. The lowest BCUT2D eigenvalue weighted by atomic mass is 10.0. The molecule has 7 heteroatoms. The zero-order valence-electron chi connectivity index (χ0n) is 14.3. The molecule has 0 aliphatic rings. The second kappa shape index (κ2) is 8.14. The van der Waals surface area contributed by atoms with Crippen LogP contribution in [0, 0.1) is 12.8 Å². The van der Waals surface area contributed by atoms with Crippen molar-refractivity contribution >= 4 is 21.6 Å². The topological polar surface area (TPSA) is 64.0 Å². The van der Waals surface area contributed by atoms with E-state index in [1.165, 1.54) is 0 Å². The Balaban J connectivity index is 1.86. The van der Waals surface area contributed by atoms with Crippen LogP contribution in [-0.4, -0.2) is 24.7 Å². The minimum absolute atomic E-state index is 0.299. The van der Waals surface area contributed by atoms with Crippen LogP contribution in [0.25, 0.3) is 0 Å². The standard InChI is InChI=1S/C17H24ClN3O2S/c1-13(2)11-15-5-7-16(8-6-15)24(22,23)19-9-4-10-21-12-17(18)14(3)20-21/h5-8,12-13,19H,4,9-11H2,1-3H3. The smallest absolute Gasteiger partial charge is 0.240 e. The van der Waals surface area contributed by atoms with Crippen LogP contribution in [-0.2, 0) is 23.0 Å². The molecule has 0 amide bonds. The third-order valence-corrected chi connectivity index (χ3v) is 5.47. The maximum atomic E-state index is 12.3. The van der Waals surface area contributed by atoms with Gasteiger partial charge >= 0.3 is 0 Å². The molecule has 0 spiro atoms. The summed E-state index contributed by atoms with van der Waals surface area (Å²) in [7, 11) is -3.47. The first kappa shape index (κ1) is 19.0. The van der Waals surface area contributed by atoms with Crippen LogP contribution < -0.4 is 4.72 Å². The van der Waals surface area contributed by atoms with E-state index in [-0.39, 0.29) is 0 Å². The molecule has 0 atom stereocenters. The average Bonchev–Trinajstić information content (AvgIpc) is 2.82. The highest BCUT2D eigenvalue weighted by atomic mass is 35.5. The Morgan fingerprint density at radius 1 is 1.25 bits per heavy atom. The van der Waals surface area contributed by atoms with E-state index in [2.05, 4.69) is 23.7 Å². The number of nitrogens with zero attached hydrogens (tertiary/aromatic N) is 2. The maximum Gasteiger partial charge on any atom is 0.240 e. The van der Waals surface area contributed by atoms with Gasteiger partial charge in [-0.3, -0.25) is 4.68 Å². The van der Waals surface area contributed by atoms with E-state index < -0.39 is 10.0 Å². The van der Waals surface area contributed by atoms with E-state index in [0.717, 1.165) is 17.7 Å². The molecule has 1 aromatic carbocycles. The summed E-state index contributed by atoms with van der Waals surface area (Å²) in [5, 5.41) is 4.87. The molecule has 0 unspecified atom stereocenters. The highest BCUT2D eigenvalue weighted by molar-refractivity contribution is 7.89. The molecule has 0 fully saturated rings. The first-order valence-corrected chi connectivity index (χ1v) is 9.92. The normalized spacial score (nSPS) is 12.0. The van der Waals surface area contributed by atoms with E-state index in [0.29, 0.717) is 35.3 Å². The van der Waals surface area contributed by atoms with Gasteiger partial charge in [0, 0.05) is 19.3 Å². The van der Waals surface area contributed by atoms with E-state index in [1.54, 1.807) is 23.0 Å².